The number of pyridine rings is 1. The molecule has 0 aliphatic carbocycles. The number of carbonyl (C=O) groups is 1. The zero-order valence-electron chi connectivity index (χ0n) is 13.2. The number of nitrogens with zero attached hydrogens (tertiary/aromatic N) is 4. The van der Waals surface area contributed by atoms with Crippen molar-refractivity contribution in [2.45, 2.75) is 13.5 Å². The topological polar surface area (TPSA) is 91.2 Å². The second-order valence-corrected chi connectivity index (χ2v) is 5.91. The Labute approximate surface area is 146 Å². The highest BCUT2D eigenvalue weighted by Gasteiger charge is 2.16. The molecule has 0 saturated heterocycles. The van der Waals surface area contributed by atoms with Crippen molar-refractivity contribution in [3.8, 4) is 0 Å². The van der Waals surface area contributed by atoms with Gasteiger partial charge in [-0.15, -0.1) is 0 Å². The molecule has 0 spiro atoms. The molecule has 2 N–H and O–H groups in total. The van der Waals surface area contributed by atoms with Crippen molar-refractivity contribution in [3.05, 3.63) is 65.4 Å². The van der Waals surface area contributed by atoms with Crippen LogP contribution in [-0.2, 0) is 6.54 Å². The number of aromatic nitrogens is 3. The molecule has 7 nitrogen and oxygen atoms in total. The molecule has 0 aliphatic rings. The third-order valence-corrected chi connectivity index (χ3v) is 4.22. The first-order chi connectivity index (χ1) is 12.1. The second-order valence-electron chi connectivity index (χ2n) is 5.18. The van der Waals surface area contributed by atoms with Crippen LogP contribution in [0.15, 0.2) is 42.6 Å². The first-order valence-electron chi connectivity index (χ1n) is 7.29. The fraction of sp³-hybridized carbons (Fsp3) is 0.125. The molecule has 0 unspecified atom stereocenters. The predicted molar refractivity (Wildman–Crippen MR) is 90.4 cm³/mol. The lowest BCUT2D eigenvalue weighted by molar-refractivity contribution is 0.0706. The van der Waals surface area contributed by atoms with E-state index in [0.29, 0.717) is 28.9 Å². The molecule has 1 aromatic carbocycles. The van der Waals surface area contributed by atoms with Gasteiger partial charge in [0.05, 0.1) is 12.7 Å². The van der Waals surface area contributed by atoms with E-state index in [1.54, 1.807) is 42.7 Å². The fourth-order valence-corrected chi connectivity index (χ4v) is 2.86. The van der Waals surface area contributed by atoms with Crippen LogP contribution in [0.4, 0.5) is 15.3 Å². The van der Waals surface area contributed by atoms with Crippen molar-refractivity contribution >= 4 is 28.4 Å². The first kappa shape index (κ1) is 16.9. The van der Waals surface area contributed by atoms with E-state index < -0.39 is 11.7 Å². The molecule has 2 aromatic heterocycles. The van der Waals surface area contributed by atoms with Crippen LogP contribution in [0.1, 0.15) is 21.7 Å². The quantitative estimate of drug-likeness (QED) is 0.538. The van der Waals surface area contributed by atoms with E-state index in [2.05, 4.69) is 14.3 Å². The molecule has 128 valence electrons. The van der Waals surface area contributed by atoms with Gasteiger partial charge in [0.2, 0.25) is 5.13 Å². The summed E-state index contributed by atoms with van der Waals surface area (Å²) in [6, 6.07) is 9.62. The maximum absolute atomic E-state index is 13.2. The number of amides is 1. The summed E-state index contributed by atoms with van der Waals surface area (Å²) in [5.41, 5.74) is 2.81. The van der Waals surface area contributed by atoms with Crippen LogP contribution >= 0.6 is 11.5 Å². The molecule has 1 amide bonds. The van der Waals surface area contributed by atoms with E-state index in [9.17, 15) is 9.18 Å². The summed E-state index contributed by atoms with van der Waals surface area (Å²) in [4.78, 5) is 21.7. The normalized spacial score (nSPS) is 10.5. The molecule has 0 fully saturated rings. The molecule has 0 aliphatic heterocycles. The molecular formula is C16H14FN5O2S. The summed E-state index contributed by atoms with van der Waals surface area (Å²) >= 11 is 1.22. The minimum atomic E-state index is -0.580. The number of hydrogen-bond donors (Lipinski definition) is 2. The van der Waals surface area contributed by atoms with E-state index >= 15 is 0 Å². The maximum Gasteiger partial charge on any atom is 0.274 e. The average Bonchev–Trinajstić information content (AvgIpc) is 3.06. The van der Waals surface area contributed by atoms with E-state index in [4.69, 9.17) is 5.21 Å². The lowest BCUT2D eigenvalue weighted by Gasteiger charge is -2.20. The number of halogens is 1. The summed E-state index contributed by atoms with van der Waals surface area (Å²) in [6.45, 7) is 2.20. The fourth-order valence-electron chi connectivity index (χ4n) is 2.18. The number of benzene rings is 1. The summed E-state index contributed by atoms with van der Waals surface area (Å²) in [7, 11) is 0. The minimum Gasteiger partial charge on any atom is -0.297 e. The highest BCUT2D eigenvalue weighted by Crippen LogP contribution is 2.27. The van der Waals surface area contributed by atoms with E-state index in [0.717, 1.165) is 11.8 Å². The molecular weight excluding hydrogens is 345 g/mol. The van der Waals surface area contributed by atoms with Crippen LogP contribution in [0.5, 0.6) is 0 Å². The van der Waals surface area contributed by atoms with E-state index in [1.165, 1.54) is 17.6 Å². The molecule has 3 aromatic rings. The van der Waals surface area contributed by atoms with Crippen LogP contribution in [0.3, 0.4) is 0 Å². The Balaban J connectivity index is 1.90. The average molecular weight is 359 g/mol. The smallest absolute Gasteiger partial charge is 0.274 e. The van der Waals surface area contributed by atoms with Crippen LogP contribution in [0, 0.1) is 12.7 Å². The van der Waals surface area contributed by atoms with Gasteiger partial charge in [-0.2, -0.15) is 4.37 Å². The Morgan fingerprint density at radius 2 is 2.04 bits per heavy atom. The number of nitrogens with one attached hydrogen (secondary N) is 1. The number of carbonyl (C=O) groups excluding carboxylic acids is 1. The van der Waals surface area contributed by atoms with Gasteiger partial charge in [-0.25, -0.2) is 19.8 Å². The van der Waals surface area contributed by atoms with Crippen molar-refractivity contribution in [2.75, 3.05) is 4.90 Å². The Hall–Kier alpha value is -2.91. The van der Waals surface area contributed by atoms with Gasteiger partial charge in [0, 0.05) is 17.1 Å². The molecule has 0 radical (unpaired) electrons. The standard InChI is InChI=1S/C16H14FN5O2S/c1-10-19-16(25-21-10)22(14-7-6-13(17)8-18-14)9-11-2-4-12(5-3-11)15(23)20-24/h2-8,24H,9H2,1H3,(H,20,23). The number of hydroxylamine groups is 1. The zero-order valence-corrected chi connectivity index (χ0v) is 14.0. The highest BCUT2D eigenvalue weighted by molar-refractivity contribution is 7.09. The van der Waals surface area contributed by atoms with Crippen molar-refractivity contribution in [1.29, 1.82) is 0 Å². The minimum absolute atomic E-state index is 0.337. The van der Waals surface area contributed by atoms with Crippen LogP contribution in [-0.4, -0.2) is 25.5 Å². The van der Waals surface area contributed by atoms with Gasteiger partial charge < -0.3 is 0 Å². The summed E-state index contributed by atoms with van der Waals surface area (Å²) in [5.74, 6) is 0.177. The molecule has 3 rings (SSSR count). The van der Waals surface area contributed by atoms with Crippen molar-refractivity contribution in [3.63, 3.8) is 0 Å². The molecule has 0 saturated carbocycles. The van der Waals surface area contributed by atoms with Crippen LogP contribution in [0.25, 0.3) is 0 Å². The highest BCUT2D eigenvalue weighted by atomic mass is 32.1. The Morgan fingerprint density at radius 3 is 2.60 bits per heavy atom. The van der Waals surface area contributed by atoms with Gasteiger partial charge in [-0.05, 0) is 36.8 Å². The molecule has 25 heavy (non-hydrogen) atoms. The Bertz CT molecular complexity index is 867. The molecule has 9 heteroatoms. The number of hydrogen-bond acceptors (Lipinski definition) is 7. The second kappa shape index (κ2) is 7.32. The van der Waals surface area contributed by atoms with Gasteiger partial charge in [0.1, 0.15) is 17.5 Å². The SMILES string of the molecule is Cc1nsc(N(Cc2ccc(C(=O)NO)cc2)c2ccc(F)cn2)n1. The number of rotatable bonds is 5. The lowest BCUT2D eigenvalue weighted by atomic mass is 10.1. The van der Waals surface area contributed by atoms with Gasteiger partial charge in [-0.3, -0.25) is 14.9 Å². The van der Waals surface area contributed by atoms with Crippen molar-refractivity contribution < 1.29 is 14.4 Å². The zero-order chi connectivity index (χ0) is 17.8. The van der Waals surface area contributed by atoms with Crippen LogP contribution < -0.4 is 10.4 Å². The summed E-state index contributed by atoms with van der Waals surface area (Å²) in [5, 5.41) is 9.30. The third kappa shape index (κ3) is 3.95. The van der Waals surface area contributed by atoms with Crippen molar-refractivity contribution in [1.82, 2.24) is 19.8 Å². The van der Waals surface area contributed by atoms with Gasteiger partial charge in [0.25, 0.3) is 5.91 Å². The van der Waals surface area contributed by atoms with Gasteiger partial charge >= 0.3 is 0 Å². The monoisotopic (exact) mass is 359 g/mol. The maximum atomic E-state index is 13.2. The number of aryl methyl sites for hydroxylation is 1. The number of anilines is 2. The molecule has 0 atom stereocenters. The molecule has 0 bridgehead atoms. The third-order valence-electron chi connectivity index (χ3n) is 3.39. The summed E-state index contributed by atoms with van der Waals surface area (Å²) in [6.07, 6.45) is 1.14. The Kier molecular flexibility index (Phi) is 4.96. The predicted octanol–water partition coefficient (Wildman–Crippen LogP) is 2.84. The van der Waals surface area contributed by atoms with E-state index in [1.807, 2.05) is 4.90 Å². The largest absolute Gasteiger partial charge is 0.297 e. The Morgan fingerprint density at radius 1 is 1.28 bits per heavy atom. The van der Waals surface area contributed by atoms with Crippen molar-refractivity contribution in [2.24, 2.45) is 0 Å². The summed E-state index contributed by atoms with van der Waals surface area (Å²) < 4.78 is 17.3. The van der Waals surface area contributed by atoms with Gasteiger partial charge in [-0.1, -0.05) is 12.1 Å². The van der Waals surface area contributed by atoms with Crippen LogP contribution in [0.2, 0.25) is 0 Å². The molecule has 2 heterocycles. The first-order valence-corrected chi connectivity index (χ1v) is 8.07. The lowest BCUT2D eigenvalue weighted by Crippen LogP contribution is -2.19. The van der Waals surface area contributed by atoms with E-state index in [-0.39, 0.29) is 0 Å². The van der Waals surface area contributed by atoms with Gasteiger partial charge in [0.15, 0.2) is 0 Å².